The molecule has 0 bridgehead atoms. The molecule has 1 heterocycles. The summed E-state index contributed by atoms with van der Waals surface area (Å²) >= 11 is 5.62. The minimum absolute atomic E-state index is 0.329. The summed E-state index contributed by atoms with van der Waals surface area (Å²) in [4.78, 5) is 0. The van der Waals surface area contributed by atoms with Crippen molar-refractivity contribution in [2.24, 2.45) is 0 Å². The molecule has 18 heavy (non-hydrogen) atoms. The first-order valence-electron chi connectivity index (χ1n) is 6.47. The molecule has 0 aliphatic carbocycles. The molecule has 1 aliphatic rings. The highest BCUT2D eigenvalue weighted by molar-refractivity contribution is 9.10. The largest absolute Gasteiger partial charge is 0.375 e. The van der Waals surface area contributed by atoms with Crippen molar-refractivity contribution < 1.29 is 4.74 Å². The van der Waals surface area contributed by atoms with Crippen LogP contribution < -0.4 is 5.32 Å². The van der Waals surface area contributed by atoms with Crippen LogP contribution in [0, 0.1) is 0 Å². The van der Waals surface area contributed by atoms with E-state index in [2.05, 4.69) is 52.4 Å². The maximum atomic E-state index is 5.91. The van der Waals surface area contributed by atoms with Gasteiger partial charge in [-0.25, -0.2) is 0 Å². The Bertz CT molecular complexity index is 369. The molecular weight excluding hydrogens is 310 g/mol. The number of thioether (sulfide) groups is 1. The van der Waals surface area contributed by atoms with E-state index in [-0.39, 0.29) is 0 Å². The summed E-state index contributed by atoms with van der Waals surface area (Å²) in [5.41, 5.74) is 1.35. The smallest absolute Gasteiger partial charge is 0.0821 e. The molecule has 0 saturated carbocycles. The Morgan fingerprint density at radius 1 is 1.50 bits per heavy atom. The average molecular weight is 330 g/mol. The van der Waals surface area contributed by atoms with E-state index in [4.69, 9.17) is 4.74 Å². The molecule has 0 amide bonds. The van der Waals surface area contributed by atoms with Crippen molar-refractivity contribution in [2.75, 3.05) is 24.7 Å². The summed E-state index contributed by atoms with van der Waals surface area (Å²) in [7, 11) is 0. The fourth-order valence-corrected chi connectivity index (χ4v) is 3.62. The summed E-state index contributed by atoms with van der Waals surface area (Å²) in [5.74, 6) is 2.23. The molecule has 2 nitrogen and oxygen atoms in total. The average Bonchev–Trinajstić information content (AvgIpc) is 2.42. The summed E-state index contributed by atoms with van der Waals surface area (Å²) in [6, 6.07) is 8.85. The van der Waals surface area contributed by atoms with E-state index in [0.29, 0.717) is 12.1 Å². The van der Waals surface area contributed by atoms with Gasteiger partial charge in [0.2, 0.25) is 0 Å². The zero-order valence-electron chi connectivity index (χ0n) is 10.7. The van der Waals surface area contributed by atoms with Crippen molar-refractivity contribution >= 4 is 27.7 Å². The first-order chi connectivity index (χ1) is 8.81. The molecule has 1 saturated heterocycles. The first kappa shape index (κ1) is 14.4. The SMILES string of the molecule is CCNC(Cc1ccccc1Br)C1CSCCO1. The normalized spacial score (nSPS) is 21.8. The van der Waals surface area contributed by atoms with Gasteiger partial charge in [-0.2, -0.15) is 11.8 Å². The second-order valence-electron chi connectivity index (χ2n) is 4.44. The summed E-state index contributed by atoms with van der Waals surface area (Å²) in [5, 5.41) is 3.57. The maximum absolute atomic E-state index is 5.91. The molecule has 4 heteroatoms. The van der Waals surface area contributed by atoms with Gasteiger partial charge in [0.1, 0.15) is 0 Å². The number of nitrogens with one attached hydrogen (secondary N) is 1. The van der Waals surface area contributed by atoms with Crippen molar-refractivity contribution in [1.82, 2.24) is 5.32 Å². The zero-order valence-corrected chi connectivity index (χ0v) is 13.1. The van der Waals surface area contributed by atoms with Crippen molar-refractivity contribution in [3.05, 3.63) is 34.3 Å². The molecule has 1 aromatic rings. The van der Waals surface area contributed by atoms with Gasteiger partial charge in [-0.05, 0) is 24.6 Å². The molecule has 2 unspecified atom stereocenters. The van der Waals surface area contributed by atoms with E-state index in [1.54, 1.807) is 0 Å². The molecule has 2 rings (SSSR count). The van der Waals surface area contributed by atoms with Crippen LogP contribution in [-0.2, 0) is 11.2 Å². The monoisotopic (exact) mass is 329 g/mol. The minimum Gasteiger partial charge on any atom is -0.375 e. The molecule has 0 spiro atoms. The predicted molar refractivity (Wildman–Crippen MR) is 82.4 cm³/mol. The third-order valence-electron chi connectivity index (χ3n) is 3.15. The summed E-state index contributed by atoms with van der Waals surface area (Å²) in [6.07, 6.45) is 1.34. The van der Waals surface area contributed by atoms with E-state index in [9.17, 15) is 0 Å². The van der Waals surface area contributed by atoms with E-state index in [0.717, 1.165) is 31.1 Å². The van der Waals surface area contributed by atoms with Gasteiger partial charge < -0.3 is 10.1 Å². The number of hydrogen-bond donors (Lipinski definition) is 1. The molecule has 1 N–H and O–H groups in total. The number of hydrogen-bond acceptors (Lipinski definition) is 3. The number of ether oxygens (including phenoxy) is 1. The van der Waals surface area contributed by atoms with Crippen LogP contribution in [0.3, 0.4) is 0 Å². The Morgan fingerprint density at radius 3 is 3.00 bits per heavy atom. The fourth-order valence-electron chi connectivity index (χ4n) is 2.24. The fraction of sp³-hybridized carbons (Fsp3) is 0.571. The lowest BCUT2D eigenvalue weighted by Crippen LogP contribution is -2.46. The van der Waals surface area contributed by atoms with Crippen molar-refractivity contribution in [1.29, 1.82) is 0 Å². The van der Waals surface area contributed by atoms with Crippen LogP contribution in [0.1, 0.15) is 12.5 Å². The van der Waals surface area contributed by atoms with E-state index in [1.807, 2.05) is 11.8 Å². The lowest BCUT2D eigenvalue weighted by molar-refractivity contribution is 0.0475. The second-order valence-corrected chi connectivity index (χ2v) is 6.45. The summed E-state index contributed by atoms with van der Waals surface area (Å²) in [6.45, 7) is 4.02. The number of rotatable bonds is 5. The van der Waals surface area contributed by atoms with Gasteiger partial charge in [-0.1, -0.05) is 41.1 Å². The van der Waals surface area contributed by atoms with Crippen LogP contribution in [0.4, 0.5) is 0 Å². The van der Waals surface area contributed by atoms with E-state index in [1.165, 1.54) is 10.0 Å². The first-order valence-corrected chi connectivity index (χ1v) is 8.42. The molecule has 1 aliphatic heterocycles. The van der Waals surface area contributed by atoms with Gasteiger partial charge >= 0.3 is 0 Å². The van der Waals surface area contributed by atoms with Crippen LogP contribution in [0.25, 0.3) is 0 Å². The molecule has 1 fully saturated rings. The maximum Gasteiger partial charge on any atom is 0.0821 e. The van der Waals surface area contributed by atoms with Gasteiger partial charge in [0, 0.05) is 22.0 Å². The Labute approximate surface area is 122 Å². The number of likely N-dealkylation sites (N-methyl/N-ethyl adjacent to an activating group) is 1. The second kappa shape index (κ2) is 7.53. The van der Waals surface area contributed by atoms with Gasteiger partial charge in [-0.15, -0.1) is 0 Å². The van der Waals surface area contributed by atoms with Crippen molar-refractivity contribution in [2.45, 2.75) is 25.5 Å². The van der Waals surface area contributed by atoms with Crippen LogP contribution >= 0.6 is 27.7 Å². The zero-order chi connectivity index (χ0) is 12.8. The van der Waals surface area contributed by atoms with Crippen LogP contribution in [0.15, 0.2) is 28.7 Å². The van der Waals surface area contributed by atoms with E-state index >= 15 is 0 Å². The Balaban J connectivity index is 2.03. The van der Waals surface area contributed by atoms with Crippen LogP contribution in [-0.4, -0.2) is 36.8 Å². The van der Waals surface area contributed by atoms with E-state index < -0.39 is 0 Å². The molecular formula is C14H20BrNOS. The van der Waals surface area contributed by atoms with Crippen molar-refractivity contribution in [3.63, 3.8) is 0 Å². The van der Waals surface area contributed by atoms with Gasteiger partial charge in [0.15, 0.2) is 0 Å². The van der Waals surface area contributed by atoms with Crippen molar-refractivity contribution in [3.8, 4) is 0 Å². The predicted octanol–water partition coefficient (Wildman–Crippen LogP) is 3.10. The molecule has 100 valence electrons. The van der Waals surface area contributed by atoms with Gasteiger partial charge in [0.25, 0.3) is 0 Å². The third kappa shape index (κ3) is 3.98. The Morgan fingerprint density at radius 2 is 2.33 bits per heavy atom. The third-order valence-corrected chi connectivity index (χ3v) is 4.95. The molecule has 0 radical (unpaired) electrons. The number of halogens is 1. The number of benzene rings is 1. The van der Waals surface area contributed by atoms with Gasteiger partial charge in [-0.3, -0.25) is 0 Å². The topological polar surface area (TPSA) is 21.3 Å². The minimum atomic E-state index is 0.329. The molecule has 1 aromatic carbocycles. The highest BCUT2D eigenvalue weighted by atomic mass is 79.9. The van der Waals surface area contributed by atoms with Gasteiger partial charge in [0.05, 0.1) is 12.7 Å². The van der Waals surface area contributed by atoms with Crippen LogP contribution in [0.5, 0.6) is 0 Å². The highest BCUT2D eigenvalue weighted by Gasteiger charge is 2.24. The van der Waals surface area contributed by atoms with Crippen LogP contribution in [0.2, 0.25) is 0 Å². The lowest BCUT2D eigenvalue weighted by Gasteiger charge is -2.31. The standard InChI is InChI=1S/C14H20BrNOS/c1-2-16-13(14-10-18-8-7-17-14)9-11-5-3-4-6-12(11)15/h3-6,13-14,16H,2,7-10H2,1H3. The highest BCUT2D eigenvalue weighted by Crippen LogP contribution is 2.22. The Hall–Kier alpha value is -0.0300. The molecule has 0 aromatic heterocycles. The Kier molecular flexibility index (Phi) is 6.02. The lowest BCUT2D eigenvalue weighted by atomic mass is 10.0. The quantitative estimate of drug-likeness (QED) is 0.896. The summed E-state index contributed by atoms with van der Waals surface area (Å²) < 4.78 is 7.10. The molecule has 2 atom stereocenters.